The van der Waals surface area contributed by atoms with Gasteiger partial charge in [0.2, 0.25) is 0 Å². The summed E-state index contributed by atoms with van der Waals surface area (Å²) in [6.07, 6.45) is 1.28. The van der Waals surface area contributed by atoms with Crippen LogP contribution in [0, 0.1) is 5.82 Å². The van der Waals surface area contributed by atoms with Crippen LogP contribution in [0.25, 0.3) is 16.2 Å². The van der Waals surface area contributed by atoms with E-state index in [9.17, 15) is 14.0 Å². The summed E-state index contributed by atoms with van der Waals surface area (Å²) < 4.78 is 14.6. The van der Waals surface area contributed by atoms with E-state index in [1.165, 1.54) is 34.1 Å². The summed E-state index contributed by atoms with van der Waals surface area (Å²) in [5, 5.41) is 5.08. The number of carbonyl (C=O) groups excluding carboxylic acids is 1. The first kappa shape index (κ1) is 18.3. The van der Waals surface area contributed by atoms with Crippen molar-refractivity contribution < 1.29 is 9.18 Å². The Bertz CT molecular complexity index is 1220. The van der Waals surface area contributed by atoms with E-state index >= 15 is 0 Å². The highest BCUT2D eigenvalue weighted by Crippen LogP contribution is 2.24. The fraction of sp³-hybridized carbons (Fsp3) is 0.0500. The maximum absolute atomic E-state index is 13.2. The predicted molar refractivity (Wildman–Crippen MR) is 107 cm³/mol. The van der Waals surface area contributed by atoms with Crippen molar-refractivity contribution in [2.24, 2.45) is 0 Å². The van der Waals surface area contributed by atoms with Crippen molar-refractivity contribution in [3.8, 4) is 11.3 Å². The third-order valence-electron chi connectivity index (χ3n) is 4.20. The van der Waals surface area contributed by atoms with E-state index in [0.717, 1.165) is 5.56 Å². The second-order valence-corrected chi connectivity index (χ2v) is 7.30. The number of hydrogen-bond acceptors (Lipinski definition) is 4. The Kier molecular flexibility index (Phi) is 4.93. The molecule has 4 rings (SSSR count). The topological polar surface area (TPSA) is 63.5 Å². The lowest BCUT2D eigenvalue weighted by atomic mass is 10.1. The number of fused-ring (bicyclic) bond motifs is 1. The summed E-state index contributed by atoms with van der Waals surface area (Å²) in [5.74, 6) is -0.880. The molecule has 5 nitrogen and oxygen atoms in total. The highest BCUT2D eigenvalue weighted by atomic mass is 35.5. The molecule has 0 unspecified atom stereocenters. The summed E-state index contributed by atoms with van der Waals surface area (Å²) in [4.78, 5) is 30.1. The van der Waals surface area contributed by atoms with Gasteiger partial charge in [-0.25, -0.2) is 9.37 Å². The van der Waals surface area contributed by atoms with Crippen LogP contribution in [0.2, 0.25) is 5.02 Å². The second kappa shape index (κ2) is 7.53. The van der Waals surface area contributed by atoms with Crippen LogP contribution < -0.4 is 10.9 Å². The number of rotatable bonds is 4. The molecule has 0 spiro atoms. The first-order chi connectivity index (χ1) is 13.5. The summed E-state index contributed by atoms with van der Waals surface area (Å²) in [6, 6.07) is 12.8. The Morgan fingerprint density at radius 2 is 1.86 bits per heavy atom. The minimum Gasteiger partial charge on any atom is -0.348 e. The zero-order chi connectivity index (χ0) is 19.7. The lowest BCUT2D eigenvalue weighted by molar-refractivity contribution is 0.0949. The van der Waals surface area contributed by atoms with Crippen molar-refractivity contribution in [2.45, 2.75) is 6.54 Å². The molecule has 2 heterocycles. The van der Waals surface area contributed by atoms with Crippen molar-refractivity contribution >= 4 is 33.8 Å². The van der Waals surface area contributed by atoms with Crippen molar-refractivity contribution in [2.75, 3.05) is 0 Å². The molecule has 0 bridgehead atoms. The van der Waals surface area contributed by atoms with E-state index in [4.69, 9.17) is 11.6 Å². The number of benzene rings is 2. The van der Waals surface area contributed by atoms with Crippen LogP contribution >= 0.6 is 22.9 Å². The van der Waals surface area contributed by atoms with E-state index < -0.39 is 11.5 Å². The Hall–Kier alpha value is -3.03. The zero-order valence-electron chi connectivity index (χ0n) is 14.4. The molecule has 0 radical (unpaired) electrons. The van der Waals surface area contributed by atoms with Gasteiger partial charge in [-0.2, -0.15) is 0 Å². The number of nitrogens with one attached hydrogen (secondary N) is 1. The molecule has 2 aromatic carbocycles. The van der Waals surface area contributed by atoms with Crippen LogP contribution in [-0.4, -0.2) is 15.3 Å². The molecular weight excluding hydrogens is 401 g/mol. The monoisotopic (exact) mass is 413 g/mol. The van der Waals surface area contributed by atoms with Gasteiger partial charge in [0.05, 0.1) is 5.69 Å². The summed E-state index contributed by atoms with van der Waals surface area (Å²) in [6.45, 7) is 0.257. The minimum absolute atomic E-state index is 0.0618. The van der Waals surface area contributed by atoms with E-state index in [2.05, 4.69) is 10.3 Å². The smallest absolute Gasteiger partial charge is 0.271 e. The number of halogens is 2. The highest BCUT2D eigenvalue weighted by molar-refractivity contribution is 7.15. The Balaban J connectivity index is 1.66. The predicted octanol–water partition coefficient (Wildman–Crippen LogP) is 4.15. The quantitative estimate of drug-likeness (QED) is 0.546. The number of aromatic nitrogens is 2. The summed E-state index contributed by atoms with van der Waals surface area (Å²) in [7, 11) is 0. The van der Waals surface area contributed by atoms with Crippen LogP contribution in [0.1, 0.15) is 15.9 Å². The first-order valence-electron chi connectivity index (χ1n) is 8.31. The van der Waals surface area contributed by atoms with E-state index in [-0.39, 0.29) is 17.9 Å². The SMILES string of the molecule is O=C(NCc1ccc(Cl)cc1)c1cnc2scc(-c3ccc(F)cc3)n2c1=O. The second-order valence-electron chi connectivity index (χ2n) is 6.03. The number of hydrogen-bond donors (Lipinski definition) is 1. The average molecular weight is 414 g/mol. The fourth-order valence-corrected chi connectivity index (χ4v) is 3.73. The molecule has 0 saturated carbocycles. The molecule has 1 amide bonds. The zero-order valence-corrected chi connectivity index (χ0v) is 15.9. The number of thiazole rings is 1. The van der Waals surface area contributed by atoms with Crippen LogP contribution in [0.3, 0.4) is 0 Å². The molecule has 0 fully saturated rings. The third kappa shape index (κ3) is 3.54. The van der Waals surface area contributed by atoms with Crippen LogP contribution in [0.15, 0.2) is 64.9 Å². The minimum atomic E-state index is -0.516. The van der Waals surface area contributed by atoms with Gasteiger partial charge in [0.1, 0.15) is 11.4 Å². The van der Waals surface area contributed by atoms with Gasteiger partial charge >= 0.3 is 0 Å². The van der Waals surface area contributed by atoms with Gasteiger partial charge in [0, 0.05) is 23.1 Å². The third-order valence-corrected chi connectivity index (χ3v) is 5.29. The summed E-state index contributed by atoms with van der Waals surface area (Å²) >= 11 is 7.12. The molecule has 0 aliphatic rings. The lowest BCUT2D eigenvalue weighted by Gasteiger charge is -2.06. The van der Waals surface area contributed by atoms with Gasteiger partial charge in [0.25, 0.3) is 11.5 Å². The van der Waals surface area contributed by atoms with Gasteiger partial charge in [-0.05, 0) is 47.5 Å². The van der Waals surface area contributed by atoms with Crippen molar-refractivity contribution in [1.82, 2.24) is 14.7 Å². The standard InChI is InChI=1S/C20H13ClFN3O2S/c21-14-5-1-12(2-6-14)9-23-18(26)16-10-24-20-25(19(16)27)17(11-28-20)13-3-7-15(22)8-4-13/h1-8,10-11H,9H2,(H,23,26). The average Bonchev–Trinajstić information content (AvgIpc) is 3.13. The first-order valence-corrected chi connectivity index (χ1v) is 9.56. The fourth-order valence-electron chi connectivity index (χ4n) is 2.75. The Morgan fingerprint density at radius 3 is 2.57 bits per heavy atom. The van der Waals surface area contributed by atoms with Gasteiger partial charge in [0.15, 0.2) is 4.96 Å². The molecule has 0 atom stereocenters. The normalized spacial score (nSPS) is 10.9. The van der Waals surface area contributed by atoms with E-state index in [1.807, 2.05) is 0 Å². The Morgan fingerprint density at radius 1 is 1.14 bits per heavy atom. The van der Waals surface area contributed by atoms with Crippen molar-refractivity contribution in [3.63, 3.8) is 0 Å². The summed E-state index contributed by atoms with van der Waals surface area (Å²) in [5.41, 5.74) is 1.54. The highest BCUT2D eigenvalue weighted by Gasteiger charge is 2.17. The van der Waals surface area contributed by atoms with Crippen LogP contribution in [0.4, 0.5) is 4.39 Å². The van der Waals surface area contributed by atoms with E-state index in [0.29, 0.717) is 21.2 Å². The molecule has 4 aromatic rings. The molecule has 140 valence electrons. The maximum atomic E-state index is 13.2. The molecule has 28 heavy (non-hydrogen) atoms. The van der Waals surface area contributed by atoms with Gasteiger partial charge in [-0.15, -0.1) is 11.3 Å². The lowest BCUT2D eigenvalue weighted by Crippen LogP contribution is -2.31. The number of carbonyl (C=O) groups is 1. The molecule has 0 aliphatic carbocycles. The molecule has 1 N–H and O–H groups in total. The van der Waals surface area contributed by atoms with Crippen molar-refractivity contribution in [3.05, 3.63) is 92.4 Å². The molecular formula is C20H13ClFN3O2S. The van der Waals surface area contributed by atoms with Gasteiger partial charge in [-0.1, -0.05) is 23.7 Å². The Labute approximate surface area is 168 Å². The molecule has 0 aliphatic heterocycles. The largest absolute Gasteiger partial charge is 0.348 e. The molecule has 8 heteroatoms. The van der Waals surface area contributed by atoms with E-state index in [1.54, 1.807) is 41.8 Å². The number of nitrogens with zero attached hydrogens (tertiary/aromatic N) is 2. The van der Waals surface area contributed by atoms with Gasteiger partial charge in [-0.3, -0.25) is 14.0 Å². The number of amides is 1. The molecule has 2 aromatic heterocycles. The van der Waals surface area contributed by atoms with Crippen molar-refractivity contribution in [1.29, 1.82) is 0 Å². The maximum Gasteiger partial charge on any atom is 0.271 e. The van der Waals surface area contributed by atoms with Crippen LogP contribution in [0.5, 0.6) is 0 Å². The van der Waals surface area contributed by atoms with Gasteiger partial charge < -0.3 is 5.32 Å². The van der Waals surface area contributed by atoms with Crippen LogP contribution in [-0.2, 0) is 6.54 Å². The molecule has 0 saturated heterocycles.